The van der Waals surface area contributed by atoms with Crippen molar-refractivity contribution in [1.82, 2.24) is 16.0 Å². The standard InChI is InChI=1S/C28H27N3O3/c1-20(30-27(33)23-11-7-4-8-12-23)13-14-21(2)31-28(34)25-17-15-24(16-18-25)26(32)29-19-22-9-5-3-6-10-22/h3-18H,19H2,1-2H3,(H,29,32)(H,30,33)(H,31,34)/b20-13+,21-14+. The van der Waals surface area contributed by atoms with E-state index >= 15 is 0 Å². The summed E-state index contributed by atoms with van der Waals surface area (Å²) in [5.41, 5.74) is 3.76. The molecule has 3 amide bonds. The molecule has 3 aromatic rings. The number of nitrogens with one attached hydrogen (secondary N) is 3. The Morgan fingerprint density at radius 1 is 0.588 bits per heavy atom. The topological polar surface area (TPSA) is 87.3 Å². The monoisotopic (exact) mass is 453 g/mol. The summed E-state index contributed by atoms with van der Waals surface area (Å²) in [7, 11) is 0. The maximum atomic E-state index is 12.5. The third-order valence-corrected chi connectivity index (χ3v) is 4.95. The van der Waals surface area contributed by atoms with Crippen LogP contribution >= 0.6 is 0 Å². The first kappa shape index (κ1) is 24.2. The zero-order valence-corrected chi connectivity index (χ0v) is 19.2. The zero-order valence-electron chi connectivity index (χ0n) is 19.2. The van der Waals surface area contributed by atoms with Crippen molar-refractivity contribution in [3.8, 4) is 0 Å². The summed E-state index contributed by atoms with van der Waals surface area (Å²) < 4.78 is 0. The summed E-state index contributed by atoms with van der Waals surface area (Å²) in [5, 5.41) is 8.46. The molecule has 0 aliphatic carbocycles. The molecule has 0 atom stereocenters. The molecule has 3 N–H and O–H groups in total. The Balaban J connectivity index is 1.52. The van der Waals surface area contributed by atoms with Gasteiger partial charge in [-0.1, -0.05) is 48.5 Å². The summed E-state index contributed by atoms with van der Waals surface area (Å²) >= 11 is 0. The Bertz CT molecular complexity index is 1200. The van der Waals surface area contributed by atoms with Crippen molar-refractivity contribution in [2.75, 3.05) is 0 Å². The average Bonchev–Trinajstić information content (AvgIpc) is 2.87. The quantitative estimate of drug-likeness (QED) is 0.436. The van der Waals surface area contributed by atoms with Crippen molar-refractivity contribution in [2.24, 2.45) is 0 Å². The molecule has 0 aromatic heterocycles. The average molecular weight is 454 g/mol. The molecule has 0 aliphatic heterocycles. The highest BCUT2D eigenvalue weighted by atomic mass is 16.2. The number of benzene rings is 3. The van der Waals surface area contributed by atoms with E-state index in [0.29, 0.717) is 34.6 Å². The van der Waals surface area contributed by atoms with E-state index in [9.17, 15) is 14.4 Å². The molecule has 34 heavy (non-hydrogen) atoms. The molecule has 3 aromatic carbocycles. The Morgan fingerprint density at radius 3 is 1.50 bits per heavy atom. The lowest BCUT2D eigenvalue weighted by atomic mass is 10.1. The second kappa shape index (κ2) is 12.0. The number of hydrogen-bond acceptors (Lipinski definition) is 3. The molecule has 0 spiro atoms. The van der Waals surface area contributed by atoms with Gasteiger partial charge in [0.1, 0.15) is 0 Å². The van der Waals surface area contributed by atoms with Crippen LogP contribution in [0.5, 0.6) is 0 Å². The molecular weight excluding hydrogens is 426 g/mol. The first-order valence-corrected chi connectivity index (χ1v) is 10.9. The van der Waals surface area contributed by atoms with E-state index in [1.165, 1.54) is 0 Å². The van der Waals surface area contributed by atoms with Crippen LogP contribution in [0.4, 0.5) is 0 Å². The van der Waals surface area contributed by atoms with Gasteiger partial charge in [-0.3, -0.25) is 14.4 Å². The summed E-state index contributed by atoms with van der Waals surface area (Å²) in [6, 6.07) is 25.0. The molecule has 0 aliphatic rings. The van der Waals surface area contributed by atoms with Crippen LogP contribution in [0.2, 0.25) is 0 Å². The highest BCUT2D eigenvalue weighted by Crippen LogP contribution is 2.07. The van der Waals surface area contributed by atoms with Gasteiger partial charge in [-0.15, -0.1) is 0 Å². The summed E-state index contributed by atoms with van der Waals surface area (Å²) in [4.78, 5) is 37.0. The van der Waals surface area contributed by atoms with Crippen LogP contribution in [0, 0.1) is 0 Å². The van der Waals surface area contributed by atoms with Crippen LogP contribution < -0.4 is 16.0 Å². The minimum absolute atomic E-state index is 0.197. The van der Waals surface area contributed by atoms with Gasteiger partial charge < -0.3 is 16.0 Å². The predicted molar refractivity (Wildman–Crippen MR) is 133 cm³/mol. The third kappa shape index (κ3) is 7.31. The van der Waals surface area contributed by atoms with Gasteiger partial charge in [-0.2, -0.15) is 0 Å². The molecule has 0 radical (unpaired) electrons. The van der Waals surface area contributed by atoms with Gasteiger partial charge >= 0.3 is 0 Å². The Kier molecular flexibility index (Phi) is 8.52. The van der Waals surface area contributed by atoms with Crippen LogP contribution in [0.1, 0.15) is 50.5 Å². The van der Waals surface area contributed by atoms with Gasteiger partial charge in [-0.05, 0) is 68.0 Å². The van der Waals surface area contributed by atoms with E-state index in [4.69, 9.17) is 0 Å². The van der Waals surface area contributed by atoms with Gasteiger partial charge in [-0.25, -0.2) is 0 Å². The second-order valence-electron chi connectivity index (χ2n) is 7.72. The van der Waals surface area contributed by atoms with Crippen molar-refractivity contribution in [2.45, 2.75) is 20.4 Å². The van der Waals surface area contributed by atoms with Crippen LogP contribution in [-0.4, -0.2) is 17.7 Å². The lowest BCUT2D eigenvalue weighted by molar-refractivity contribution is 0.0944. The number of amides is 3. The minimum Gasteiger partial charge on any atom is -0.348 e. The fourth-order valence-corrected chi connectivity index (χ4v) is 3.08. The maximum Gasteiger partial charge on any atom is 0.255 e. The summed E-state index contributed by atoms with van der Waals surface area (Å²) in [6.07, 6.45) is 3.43. The molecule has 172 valence electrons. The predicted octanol–water partition coefficient (Wildman–Crippen LogP) is 4.58. The van der Waals surface area contributed by atoms with Gasteiger partial charge in [0.05, 0.1) is 0 Å². The SMILES string of the molecule is C/C(=C\C=C(/C)NC(=O)c1ccc(C(=O)NCc2ccccc2)cc1)NC(=O)c1ccccc1. The molecule has 0 saturated carbocycles. The molecular formula is C28H27N3O3. The van der Waals surface area contributed by atoms with E-state index in [2.05, 4.69) is 16.0 Å². The molecule has 3 rings (SSSR count). The van der Waals surface area contributed by atoms with Crippen molar-refractivity contribution >= 4 is 17.7 Å². The molecule has 0 fully saturated rings. The highest BCUT2D eigenvalue weighted by molar-refractivity contribution is 5.98. The van der Waals surface area contributed by atoms with Crippen LogP contribution in [0.15, 0.2) is 108 Å². The molecule has 0 saturated heterocycles. The van der Waals surface area contributed by atoms with Crippen molar-refractivity contribution in [3.63, 3.8) is 0 Å². The largest absolute Gasteiger partial charge is 0.348 e. The van der Waals surface area contributed by atoms with Crippen molar-refractivity contribution in [3.05, 3.63) is 131 Å². The maximum absolute atomic E-state index is 12.5. The van der Waals surface area contributed by atoms with E-state index in [1.54, 1.807) is 74.5 Å². The first-order chi connectivity index (χ1) is 16.4. The van der Waals surface area contributed by atoms with E-state index in [1.807, 2.05) is 36.4 Å². The third-order valence-electron chi connectivity index (χ3n) is 4.95. The fourth-order valence-electron chi connectivity index (χ4n) is 3.08. The second-order valence-corrected chi connectivity index (χ2v) is 7.72. The lowest BCUT2D eigenvalue weighted by Gasteiger charge is -2.08. The number of allylic oxidation sites excluding steroid dienone is 4. The van der Waals surface area contributed by atoms with E-state index in [0.717, 1.165) is 5.56 Å². The van der Waals surface area contributed by atoms with E-state index < -0.39 is 0 Å². The number of carbonyl (C=O) groups is 3. The molecule has 0 unspecified atom stereocenters. The Hall–Kier alpha value is -4.45. The normalized spacial score (nSPS) is 11.5. The van der Waals surface area contributed by atoms with Gasteiger partial charge in [0, 0.05) is 34.6 Å². The summed E-state index contributed by atoms with van der Waals surface area (Å²) in [5.74, 6) is -0.688. The van der Waals surface area contributed by atoms with Gasteiger partial charge in [0.25, 0.3) is 17.7 Å². The number of hydrogen-bond donors (Lipinski definition) is 3. The number of rotatable bonds is 8. The Morgan fingerprint density at radius 2 is 1.00 bits per heavy atom. The van der Waals surface area contributed by atoms with E-state index in [-0.39, 0.29) is 17.7 Å². The number of carbonyl (C=O) groups excluding carboxylic acids is 3. The van der Waals surface area contributed by atoms with Crippen LogP contribution in [0.3, 0.4) is 0 Å². The molecule has 0 heterocycles. The molecule has 6 heteroatoms. The van der Waals surface area contributed by atoms with Gasteiger partial charge in [0.15, 0.2) is 0 Å². The minimum atomic E-state index is -0.288. The smallest absolute Gasteiger partial charge is 0.255 e. The van der Waals surface area contributed by atoms with Gasteiger partial charge in [0.2, 0.25) is 0 Å². The van der Waals surface area contributed by atoms with Crippen LogP contribution in [-0.2, 0) is 6.54 Å². The zero-order chi connectivity index (χ0) is 24.3. The van der Waals surface area contributed by atoms with Crippen LogP contribution in [0.25, 0.3) is 0 Å². The first-order valence-electron chi connectivity index (χ1n) is 10.9. The van der Waals surface area contributed by atoms with Crippen molar-refractivity contribution in [1.29, 1.82) is 0 Å². The fraction of sp³-hybridized carbons (Fsp3) is 0.107. The highest BCUT2D eigenvalue weighted by Gasteiger charge is 2.09. The Labute approximate surface area is 199 Å². The lowest BCUT2D eigenvalue weighted by Crippen LogP contribution is -2.24. The molecule has 0 bridgehead atoms. The van der Waals surface area contributed by atoms with Crippen molar-refractivity contribution < 1.29 is 14.4 Å². The summed E-state index contributed by atoms with van der Waals surface area (Å²) in [6.45, 7) is 3.96. The molecule has 6 nitrogen and oxygen atoms in total.